The average molecular weight is 414 g/mol. The molecule has 3 N–H and O–H groups in total. The zero-order valence-electron chi connectivity index (χ0n) is 11.7. The van der Waals surface area contributed by atoms with Crippen molar-refractivity contribution in [3.05, 3.63) is 45.9 Å². The fourth-order valence-electron chi connectivity index (χ4n) is 2.56. The minimum atomic E-state index is 0. The van der Waals surface area contributed by atoms with Crippen LogP contribution in [0.25, 0.3) is 0 Å². The van der Waals surface area contributed by atoms with Crippen molar-refractivity contribution in [3.8, 4) is 0 Å². The summed E-state index contributed by atoms with van der Waals surface area (Å²) in [4.78, 5) is 8.54. The van der Waals surface area contributed by atoms with Crippen LogP contribution < -0.4 is 11.1 Å². The minimum absolute atomic E-state index is 0. The van der Waals surface area contributed by atoms with Gasteiger partial charge in [-0.15, -0.1) is 35.3 Å². The van der Waals surface area contributed by atoms with Crippen LogP contribution >= 0.6 is 35.3 Å². The highest BCUT2D eigenvalue weighted by Crippen LogP contribution is 2.27. The average Bonchev–Trinajstić information content (AvgIpc) is 2.99. The molecule has 0 unspecified atom stereocenters. The van der Waals surface area contributed by atoms with Gasteiger partial charge >= 0.3 is 0 Å². The number of guanidine groups is 1. The fraction of sp³-hybridized carbons (Fsp3) is 0.333. The Labute approximate surface area is 145 Å². The predicted molar refractivity (Wildman–Crippen MR) is 99.6 cm³/mol. The van der Waals surface area contributed by atoms with Gasteiger partial charge in [0.2, 0.25) is 0 Å². The van der Waals surface area contributed by atoms with E-state index < -0.39 is 0 Å². The van der Waals surface area contributed by atoms with Crippen LogP contribution in [0, 0.1) is 0 Å². The van der Waals surface area contributed by atoms with E-state index in [0.29, 0.717) is 12.5 Å². The molecular weight excluding hydrogens is 395 g/mol. The lowest BCUT2D eigenvalue weighted by Gasteiger charge is -2.19. The van der Waals surface area contributed by atoms with Gasteiger partial charge in [-0.25, -0.2) is 9.98 Å². The van der Waals surface area contributed by atoms with Crippen LogP contribution in [0.3, 0.4) is 0 Å². The van der Waals surface area contributed by atoms with E-state index in [2.05, 4.69) is 33.5 Å². The molecule has 0 amide bonds. The first kappa shape index (κ1) is 16.2. The molecule has 1 aromatic carbocycles. The summed E-state index contributed by atoms with van der Waals surface area (Å²) in [6.45, 7) is 0.533. The Morgan fingerprint density at radius 2 is 2.19 bits per heavy atom. The summed E-state index contributed by atoms with van der Waals surface area (Å²) in [7, 11) is 0. The normalized spacial score (nSPS) is 14.2. The fourth-order valence-corrected chi connectivity index (χ4v) is 3.10. The molecule has 1 aliphatic carbocycles. The van der Waals surface area contributed by atoms with Gasteiger partial charge in [-0.1, -0.05) is 12.1 Å². The van der Waals surface area contributed by atoms with E-state index in [1.165, 1.54) is 30.4 Å². The maximum atomic E-state index is 5.97. The van der Waals surface area contributed by atoms with Gasteiger partial charge in [-0.3, -0.25) is 0 Å². The van der Waals surface area contributed by atoms with Crippen LogP contribution in [0.2, 0.25) is 0 Å². The van der Waals surface area contributed by atoms with Crippen LogP contribution in [-0.2, 0) is 19.4 Å². The van der Waals surface area contributed by atoms with E-state index in [1.807, 2.05) is 5.38 Å². The Morgan fingerprint density at radius 1 is 1.33 bits per heavy atom. The zero-order valence-corrected chi connectivity index (χ0v) is 14.9. The number of nitrogens with one attached hydrogen (secondary N) is 1. The summed E-state index contributed by atoms with van der Waals surface area (Å²) in [6, 6.07) is 6.37. The molecule has 0 bridgehead atoms. The highest BCUT2D eigenvalue weighted by Gasteiger charge is 2.13. The third-order valence-electron chi connectivity index (χ3n) is 3.53. The number of nitrogens with two attached hydrogens (primary N) is 1. The van der Waals surface area contributed by atoms with Crippen molar-refractivity contribution in [1.82, 2.24) is 4.98 Å². The number of hydrogen-bond donors (Lipinski definition) is 2. The number of aliphatic imine (C=N–C) groups is 1. The third kappa shape index (κ3) is 4.16. The van der Waals surface area contributed by atoms with Crippen molar-refractivity contribution < 1.29 is 0 Å². The first-order valence-electron chi connectivity index (χ1n) is 6.89. The van der Waals surface area contributed by atoms with Crippen LogP contribution in [0.5, 0.6) is 0 Å². The lowest BCUT2D eigenvalue weighted by molar-refractivity contribution is 0.687. The Bertz CT molecular complexity index is 610. The monoisotopic (exact) mass is 414 g/mol. The number of benzene rings is 1. The molecule has 0 saturated carbocycles. The second kappa shape index (κ2) is 7.74. The van der Waals surface area contributed by atoms with E-state index >= 15 is 0 Å². The van der Waals surface area contributed by atoms with Crippen molar-refractivity contribution >= 4 is 47.0 Å². The van der Waals surface area contributed by atoms with Gasteiger partial charge in [-0.05, 0) is 42.9 Å². The molecule has 3 rings (SSSR count). The molecule has 4 nitrogen and oxygen atoms in total. The summed E-state index contributed by atoms with van der Waals surface area (Å²) in [6.07, 6.45) is 6.61. The molecule has 0 aliphatic heterocycles. The first-order chi connectivity index (χ1) is 9.83. The molecule has 0 atom stereocenters. The van der Waals surface area contributed by atoms with Gasteiger partial charge in [0.25, 0.3) is 0 Å². The van der Waals surface area contributed by atoms with Crippen LogP contribution in [-0.4, -0.2) is 10.9 Å². The quantitative estimate of drug-likeness (QED) is 0.459. The van der Waals surface area contributed by atoms with E-state index in [1.54, 1.807) is 17.5 Å². The number of thiazole rings is 1. The molecule has 6 heteroatoms. The highest BCUT2D eigenvalue weighted by molar-refractivity contribution is 14.0. The Balaban J connectivity index is 0.00000161. The van der Waals surface area contributed by atoms with Crippen molar-refractivity contribution in [3.63, 3.8) is 0 Å². The molecule has 21 heavy (non-hydrogen) atoms. The summed E-state index contributed by atoms with van der Waals surface area (Å²) < 4.78 is 0. The third-order valence-corrected chi connectivity index (χ3v) is 4.29. The van der Waals surface area contributed by atoms with E-state index in [4.69, 9.17) is 5.73 Å². The van der Waals surface area contributed by atoms with Gasteiger partial charge in [0.1, 0.15) is 5.01 Å². The zero-order chi connectivity index (χ0) is 13.8. The molecule has 0 radical (unpaired) electrons. The number of fused-ring (bicyclic) bond motifs is 1. The number of nitrogens with zero attached hydrogens (tertiary/aromatic N) is 2. The topological polar surface area (TPSA) is 63.3 Å². The van der Waals surface area contributed by atoms with E-state index in [0.717, 1.165) is 17.1 Å². The van der Waals surface area contributed by atoms with Gasteiger partial charge in [-0.2, -0.15) is 0 Å². The highest BCUT2D eigenvalue weighted by atomic mass is 127. The molecule has 0 fully saturated rings. The van der Waals surface area contributed by atoms with Gasteiger partial charge in [0.15, 0.2) is 5.96 Å². The molecule has 112 valence electrons. The lowest BCUT2D eigenvalue weighted by atomic mass is 9.90. The summed E-state index contributed by atoms with van der Waals surface area (Å²) in [5.41, 5.74) is 9.90. The molecular formula is C15H19IN4S. The Morgan fingerprint density at radius 3 is 3.00 bits per heavy atom. The Hall–Kier alpha value is -1.15. The van der Waals surface area contributed by atoms with Gasteiger partial charge in [0.05, 0.1) is 6.54 Å². The van der Waals surface area contributed by atoms with Crippen molar-refractivity contribution in [1.29, 1.82) is 0 Å². The van der Waals surface area contributed by atoms with Crippen molar-refractivity contribution in [2.75, 3.05) is 5.32 Å². The minimum Gasteiger partial charge on any atom is -0.370 e. The lowest BCUT2D eigenvalue weighted by Crippen LogP contribution is -2.24. The van der Waals surface area contributed by atoms with Crippen LogP contribution in [0.15, 0.2) is 34.8 Å². The molecule has 1 aromatic heterocycles. The largest absolute Gasteiger partial charge is 0.370 e. The standard InChI is InChI=1S/C15H18N4S.HI/c16-15(18-10-14-17-8-9-20-14)19-13-7-3-5-11-4-1-2-6-12(11)13;/h3,5,7-9H,1-2,4,6,10H2,(H3,16,18,19);1H. The van der Waals surface area contributed by atoms with E-state index in [9.17, 15) is 0 Å². The summed E-state index contributed by atoms with van der Waals surface area (Å²) >= 11 is 1.59. The second-order valence-electron chi connectivity index (χ2n) is 4.90. The smallest absolute Gasteiger partial charge is 0.193 e. The SMILES string of the molecule is I.NC(=NCc1nccs1)Nc1cccc2c1CCCC2. The maximum absolute atomic E-state index is 5.97. The van der Waals surface area contributed by atoms with Gasteiger partial charge in [0, 0.05) is 17.3 Å². The van der Waals surface area contributed by atoms with Gasteiger partial charge < -0.3 is 11.1 Å². The molecule has 1 aliphatic rings. The number of aryl methyl sites for hydroxylation is 1. The van der Waals surface area contributed by atoms with Crippen LogP contribution in [0.4, 0.5) is 5.69 Å². The molecule has 0 spiro atoms. The van der Waals surface area contributed by atoms with Crippen LogP contribution in [0.1, 0.15) is 29.0 Å². The molecule has 2 aromatic rings. The number of anilines is 1. The maximum Gasteiger partial charge on any atom is 0.193 e. The Kier molecular flexibility index (Phi) is 5.98. The first-order valence-corrected chi connectivity index (χ1v) is 7.77. The second-order valence-corrected chi connectivity index (χ2v) is 5.88. The summed E-state index contributed by atoms with van der Waals surface area (Å²) in [5.74, 6) is 0.458. The number of aromatic nitrogens is 1. The molecule has 1 heterocycles. The predicted octanol–water partition coefficient (Wildman–Crippen LogP) is 3.57. The molecule has 0 saturated heterocycles. The number of halogens is 1. The van der Waals surface area contributed by atoms with E-state index in [-0.39, 0.29) is 24.0 Å². The summed E-state index contributed by atoms with van der Waals surface area (Å²) in [5, 5.41) is 6.16. The number of hydrogen-bond acceptors (Lipinski definition) is 3. The van der Waals surface area contributed by atoms with Crippen molar-refractivity contribution in [2.45, 2.75) is 32.2 Å². The van der Waals surface area contributed by atoms with Crippen molar-refractivity contribution in [2.24, 2.45) is 10.7 Å². The number of rotatable bonds is 3.